The minimum Gasteiger partial charge on any atom is -0.506 e. The number of carbonyl (C=O) groups excluding carboxylic acids is 1. The number of aromatic hydroxyl groups is 1. The summed E-state index contributed by atoms with van der Waals surface area (Å²) in [5, 5.41) is 7.95. The van der Waals surface area contributed by atoms with Crippen molar-refractivity contribution in [3.8, 4) is 5.75 Å². The normalized spacial score (nSPS) is 10.5. The van der Waals surface area contributed by atoms with E-state index < -0.39 is 23.0 Å². The molecule has 1 N–H and O–H groups in total. The van der Waals surface area contributed by atoms with Crippen molar-refractivity contribution in [2.45, 2.75) is 6.43 Å². The van der Waals surface area contributed by atoms with E-state index in [0.29, 0.717) is 0 Å². The van der Waals surface area contributed by atoms with E-state index in [-0.39, 0.29) is 5.69 Å². The van der Waals surface area contributed by atoms with Crippen LogP contribution in [0.25, 0.3) is 0 Å². The van der Waals surface area contributed by atoms with Crippen molar-refractivity contribution in [2.24, 2.45) is 0 Å². The van der Waals surface area contributed by atoms with Crippen LogP contribution in [0.2, 0.25) is 0 Å². The lowest BCUT2D eigenvalue weighted by atomic mass is 10.2. The maximum absolute atomic E-state index is 12.1. The Kier molecular flexibility index (Phi) is 2.77. The van der Waals surface area contributed by atoms with E-state index in [1.165, 1.54) is 0 Å². The van der Waals surface area contributed by atoms with Crippen LogP contribution in [0.1, 0.15) is 22.5 Å². The van der Waals surface area contributed by atoms with E-state index >= 15 is 0 Å². The van der Waals surface area contributed by atoms with Crippen LogP contribution in [-0.2, 0) is 0 Å². The minimum absolute atomic E-state index is 0.310. The summed E-state index contributed by atoms with van der Waals surface area (Å²) in [5.41, 5.74) is -0.964. The molecule has 3 nitrogen and oxygen atoms in total. The molecule has 0 spiro atoms. The van der Waals surface area contributed by atoms with Crippen LogP contribution in [-0.4, -0.2) is 15.3 Å². The van der Waals surface area contributed by atoms with Gasteiger partial charge in [-0.3, -0.25) is 4.79 Å². The van der Waals surface area contributed by atoms with Gasteiger partial charge in [0, 0.05) is 0 Å². The first-order valence-electron chi connectivity index (χ1n) is 3.19. The van der Waals surface area contributed by atoms with Crippen LogP contribution >= 0.6 is 11.6 Å². The standard InChI is InChI=1S/C7H4ClF2NO2/c8-6(13)4-1-3(7(9)10)5(12)2-11-4/h1-2,7,12H. The predicted molar refractivity (Wildman–Crippen MR) is 41.0 cm³/mol. The third-order valence-corrected chi connectivity index (χ3v) is 1.54. The topological polar surface area (TPSA) is 50.2 Å². The average Bonchev–Trinajstić information content (AvgIpc) is 2.04. The Bertz CT molecular complexity index is 343. The Labute approximate surface area is 77.0 Å². The first kappa shape index (κ1) is 9.85. The smallest absolute Gasteiger partial charge is 0.270 e. The van der Waals surface area contributed by atoms with Crippen molar-refractivity contribution in [3.63, 3.8) is 0 Å². The molecule has 0 aromatic carbocycles. The highest BCUT2D eigenvalue weighted by Crippen LogP contribution is 2.27. The van der Waals surface area contributed by atoms with Gasteiger partial charge in [0.1, 0.15) is 11.4 Å². The molecule has 0 amide bonds. The molecule has 0 bridgehead atoms. The molecule has 0 aliphatic carbocycles. The van der Waals surface area contributed by atoms with E-state index in [9.17, 15) is 13.6 Å². The molecule has 0 unspecified atom stereocenters. The Morgan fingerprint density at radius 3 is 2.69 bits per heavy atom. The number of alkyl halides is 2. The predicted octanol–water partition coefficient (Wildman–Crippen LogP) is 2.10. The molecule has 0 atom stereocenters. The number of carbonyl (C=O) groups is 1. The summed E-state index contributed by atoms with van der Waals surface area (Å²) >= 11 is 5.00. The Morgan fingerprint density at radius 1 is 1.62 bits per heavy atom. The lowest BCUT2D eigenvalue weighted by Gasteiger charge is -2.02. The van der Waals surface area contributed by atoms with Gasteiger partial charge in [-0.05, 0) is 17.7 Å². The van der Waals surface area contributed by atoms with Gasteiger partial charge < -0.3 is 5.11 Å². The maximum atomic E-state index is 12.1. The van der Waals surface area contributed by atoms with Gasteiger partial charge in [-0.1, -0.05) is 0 Å². The number of halogens is 3. The van der Waals surface area contributed by atoms with E-state index in [0.717, 1.165) is 12.3 Å². The van der Waals surface area contributed by atoms with Crippen molar-refractivity contribution in [2.75, 3.05) is 0 Å². The van der Waals surface area contributed by atoms with Crippen LogP contribution in [0.4, 0.5) is 8.78 Å². The molecule has 0 fully saturated rings. The van der Waals surface area contributed by atoms with Crippen LogP contribution in [0.15, 0.2) is 12.3 Å². The zero-order valence-corrected chi connectivity index (χ0v) is 6.92. The number of nitrogens with zero attached hydrogens (tertiary/aromatic N) is 1. The molecule has 1 aromatic rings. The number of hydrogen-bond donors (Lipinski definition) is 1. The number of pyridine rings is 1. The van der Waals surface area contributed by atoms with Crippen LogP contribution < -0.4 is 0 Å². The van der Waals surface area contributed by atoms with Crippen molar-refractivity contribution < 1.29 is 18.7 Å². The molecular weight excluding hydrogens is 204 g/mol. The molecule has 0 aliphatic rings. The summed E-state index contributed by atoms with van der Waals surface area (Å²) in [4.78, 5) is 13.9. The van der Waals surface area contributed by atoms with Crippen LogP contribution in [0, 0.1) is 0 Å². The number of rotatable bonds is 2. The molecule has 6 heteroatoms. The molecule has 0 radical (unpaired) electrons. The molecule has 0 saturated carbocycles. The summed E-state index contributed by atoms with van der Waals surface area (Å²) < 4.78 is 24.3. The summed E-state index contributed by atoms with van der Waals surface area (Å²) in [6.07, 6.45) is -2.10. The van der Waals surface area contributed by atoms with E-state index in [4.69, 9.17) is 16.7 Å². The van der Waals surface area contributed by atoms with Gasteiger partial charge >= 0.3 is 0 Å². The summed E-state index contributed by atoms with van der Waals surface area (Å²) in [7, 11) is 0. The monoisotopic (exact) mass is 207 g/mol. The van der Waals surface area contributed by atoms with Gasteiger partial charge in [-0.25, -0.2) is 13.8 Å². The molecule has 0 aliphatic heterocycles. The van der Waals surface area contributed by atoms with Crippen molar-refractivity contribution in [3.05, 3.63) is 23.5 Å². The van der Waals surface area contributed by atoms with Gasteiger partial charge in [0.15, 0.2) is 0 Å². The largest absolute Gasteiger partial charge is 0.506 e. The fourth-order valence-electron chi connectivity index (χ4n) is 0.746. The second kappa shape index (κ2) is 3.66. The zero-order chi connectivity index (χ0) is 10.0. The van der Waals surface area contributed by atoms with Gasteiger partial charge in [0.2, 0.25) is 0 Å². The Morgan fingerprint density at radius 2 is 2.23 bits per heavy atom. The summed E-state index contributed by atoms with van der Waals surface area (Å²) in [6, 6.07) is 0.759. The van der Waals surface area contributed by atoms with E-state index in [2.05, 4.69) is 4.98 Å². The summed E-state index contributed by atoms with van der Waals surface area (Å²) in [6.45, 7) is 0. The lowest BCUT2D eigenvalue weighted by molar-refractivity contribution is 0.107. The third-order valence-electron chi connectivity index (χ3n) is 1.35. The fourth-order valence-corrected chi connectivity index (χ4v) is 0.849. The second-order valence-corrected chi connectivity index (χ2v) is 2.55. The molecule has 1 aromatic heterocycles. The highest BCUT2D eigenvalue weighted by molar-refractivity contribution is 6.67. The van der Waals surface area contributed by atoms with E-state index in [1.54, 1.807) is 0 Å². The van der Waals surface area contributed by atoms with E-state index in [1.807, 2.05) is 0 Å². The first-order chi connectivity index (χ1) is 6.02. The molecule has 13 heavy (non-hydrogen) atoms. The van der Waals surface area contributed by atoms with Crippen LogP contribution in [0.3, 0.4) is 0 Å². The van der Waals surface area contributed by atoms with Gasteiger partial charge in [0.25, 0.3) is 11.7 Å². The van der Waals surface area contributed by atoms with Crippen LogP contribution in [0.5, 0.6) is 5.75 Å². The quantitative estimate of drug-likeness (QED) is 0.756. The average molecular weight is 208 g/mol. The van der Waals surface area contributed by atoms with Crippen molar-refractivity contribution >= 4 is 16.8 Å². The Hall–Kier alpha value is -1.23. The Balaban J connectivity index is 3.19. The lowest BCUT2D eigenvalue weighted by Crippen LogP contribution is -1.96. The number of aromatic nitrogens is 1. The molecule has 0 saturated heterocycles. The third kappa shape index (κ3) is 2.12. The second-order valence-electron chi connectivity index (χ2n) is 2.20. The molecule has 70 valence electrons. The van der Waals surface area contributed by atoms with Gasteiger partial charge in [-0.15, -0.1) is 0 Å². The maximum Gasteiger partial charge on any atom is 0.270 e. The van der Waals surface area contributed by atoms with Crippen molar-refractivity contribution in [1.29, 1.82) is 0 Å². The number of hydrogen-bond acceptors (Lipinski definition) is 3. The molecular formula is C7H4ClF2NO2. The molecule has 1 heterocycles. The highest BCUT2D eigenvalue weighted by Gasteiger charge is 2.15. The van der Waals surface area contributed by atoms with Gasteiger partial charge in [0.05, 0.1) is 11.8 Å². The SMILES string of the molecule is O=C(Cl)c1cc(C(F)F)c(O)cn1. The highest BCUT2D eigenvalue weighted by atomic mass is 35.5. The van der Waals surface area contributed by atoms with Gasteiger partial charge in [-0.2, -0.15) is 0 Å². The fraction of sp³-hybridized carbons (Fsp3) is 0.143. The van der Waals surface area contributed by atoms with Crippen molar-refractivity contribution in [1.82, 2.24) is 4.98 Å². The first-order valence-corrected chi connectivity index (χ1v) is 3.57. The minimum atomic E-state index is -2.86. The summed E-state index contributed by atoms with van der Waals surface area (Å²) in [5.74, 6) is -0.656. The molecule has 1 rings (SSSR count). The zero-order valence-electron chi connectivity index (χ0n) is 6.17.